The van der Waals surface area contributed by atoms with Crippen molar-refractivity contribution in [1.82, 2.24) is 5.32 Å². The molecule has 24 heavy (non-hydrogen) atoms. The monoisotopic (exact) mass is 333 g/mol. The Bertz CT molecular complexity index is 599. The fourth-order valence-corrected chi connectivity index (χ4v) is 3.22. The topological polar surface area (TPSA) is 64.6 Å². The van der Waals surface area contributed by atoms with Crippen LogP contribution in [0, 0.1) is 18.8 Å². The maximum absolute atomic E-state index is 12.2. The van der Waals surface area contributed by atoms with Crippen LogP contribution in [0.3, 0.4) is 0 Å². The molecular weight excluding hydrogens is 306 g/mol. The van der Waals surface area contributed by atoms with Crippen LogP contribution in [0.1, 0.15) is 49.0 Å². The van der Waals surface area contributed by atoms with Crippen molar-refractivity contribution in [3.63, 3.8) is 0 Å². The Hall–Kier alpha value is -2.04. The third kappa shape index (κ3) is 4.49. The Morgan fingerprint density at radius 2 is 2.00 bits per heavy atom. The molecule has 1 aromatic rings. The van der Waals surface area contributed by atoms with Gasteiger partial charge in [-0.1, -0.05) is 38.3 Å². The van der Waals surface area contributed by atoms with Crippen LogP contribution in [-0.4, -0.2) is 31.6 Å². The van der Waals surface area contributed by atoms with Gasteiger partial charge in [-0.25, -0.2) is 4.79 Å². The number of nitrogens with one attached hydrogen (secondary N) is 1. The van der Waals surface area contributed by atoms with Crippen LogP contribution in [0.25, 0.3) is 0 Å². The Kier molecular flexibility index (Phi) is 6.23. The molecule has 1 N–H and O–H groups in total. The fourth-order valence-electron chi connectivity index (χ4n) is 3.22. The Labute approximate surface area is 143 Å². The van der Waals surface area contributed by atoms with E-state index in [4.69, 9.17) is 9.47 Å². The van der Waals surface area contributed by atoms with Crippen LogP contribution in [0.2, 0.25) is 0 Å². The number of aryl methyl sites for hydroxylation is 1. The second kappa shape index (κ2) is 8.18. The SMILES string of the molecule is COc1ccc(C)cc1C(=O)OCC(=O)N[C@@H]1CCC[C@H](C)[C@@H]1C. The first-order valence-corrected chi connectivity index (χ1v) is 8.53. The van der Waals surface area contributed by atoms with E-state index >= 15 is 0 Å². The molecule has 132 valence electrons. The number of methoxy groups -OCH3 is 1. The molecule has 0 aliphatic heterocycles. The second-order valence-electron chi connectivity index (χ2n) is 6.72. The molecule has 0 aromatic heterocycles. The molecule has 1 saturated carbocycles. The fraction of sp³-hybridized carbons (Fsp3) is 0.579. The van der Waals surface area contributed by atoms with Gasteiger partial charge in [0.25, 0.3) is 5.91 Å². The summed E-state index contributed by atoms with van der Waals surface area (Å²) in [4.78, 5) is 24.3. The van der Waals surface area contributed by atoms with Gasteiger partial charge in [-0.15, -0.1) is 0 Å². The van der Waals surface area contributed by atoms with Crippen molar-refractivity contribution < 1.29 is 19.1 Å². The minimum absolute atomic E-state index is 0.161. The average Bonchev–Trinajstić information content (AvgIpc) is 2.56. The predicted octanol–water partition coefficient (Wildman–Crippen LogP) is 3.10. The highest BCUT2D eigenvalue weighted by Crippen LogP contribution is 2.29. The summed E-state index contributed by atoms with van der Waals surface area (Å²) in [6.45, 7) is 5.99. The lowest BCUT2D eigenvalue weighted by molar-refractivity contribution is -0.125. The van der Waals surface area contributed by atoms with Crippen molar-refractivity contribution in [3.05, 3.63) is 29.3 Å². The molecule has 0 unspecified atom stereocenters. The summed E-state index contributed by atoms with van der Waals surface area (Å²) < 4.78 is 10.3. The van der Waals surface area contributed by atoms with Gasteiger partial charge < -0.3 is 14.8 Å². The molecule has 1 aromatic carbocycles. The zero-order valence-corrected chi connectivity index (χ0v) is 14.9. The van der Waals surface area contributed by atoms with E-state index in [0.29, 0.717) is 23.1 Å². The molecule has 0 spiro atoms. The zero-order valence-electron chi connectivity index (χ0n) is 14.9. The smallest absolute Gasteiger partial charge is 0.342 e. The molecule has 5 heteroatoms. The molecule has 1 amide bonds. The first-order chi connectivity index (χ1) is 11.4. The van der Waals surface area contributed by atoms with Gasteiger partial charge in [0, 0.05) is 6.04 Å². The van der Waals surface area contributed by atoms with E-state index in [1.54, 1.807) is 12.1 Å². The van der Waals surface area contributed by atoms with Crippen LogP contribution in [-0.2, 0) is 9.53 Å². The van der Waals surface area contributed by atoms with Crippen molar-refractivity contribution in [3.8, 4) is 5.75 Å². The van der Waals surface area contributed by atoms with Gasteiger partial charge >= 0.3 is 5.97 Å². The molecule has 0 bridgehead atoms. The zero-order chi connectivity index (χ0) is 17.7. The highest BCUT2D eigenvalue weighted by atomic mass is 16.5. The van der Waals surface area contributed by atoms with Gasteiger partial charge in [0.2, 0.25) is 0 Å². The average molecular weight is 333 g/mol. The summed E-state index contributed by atoms with van der Waals surface area (Å²) in [5.41, 5.74) is 1.27. The highest BCUT2D eigenvalue weighted by molar-refractivity contribution is 5.94. The van der Waals surface area contributed by atoms with Gasteiger partial charge in [0.1, 0.15) is 11.3 Å². The molecule has 2 rings (SSSR count). The van der Waals surface area contributed by atoms with Crippen LogP contribution in [0.15, 0.2) is 18.2 Å². The highest BCUT2D eigenvalue weighted by Gasteiger charge is 2.28. The molecule has 0 radical (unpaired) electrons. The van der Waals surface area contributed by atoms with Gasteiger partial charge in [0.15, 0.2) is 6.61 Å². The number of hydrogen-bond donors (Lipinski definition) is 1. The summed E-state index contributed by atoms with van der Waals surface area (Å²) in [5, 5.41) is 3.00. The number of benzene rings is 1. The van der Waals surface area contributed by atoms with Crippen molar-refractivity contribution in [2.45, 2.75) is 46.1 Å². The Morgan fingerprint density at radius 1 is 1.25 bits per heavy atom. The number of ether oxygens (including phenoxy) is 2. The molecule has 3 atom stereocenters. The molecule has 1 aliphatic carbocycles. The molecule has 1 fully saturated rings. The third-order valence-corrected chi connectivity index (χ3v) is 4.96. The van der Waals surface area contributed by atoms with Crippen LogP contribution >= 0.6 is 0 Å². The quantitative estimate of drug-likeness (QED) is 0.841. The van der Waals surface area contributed by atoms with Crippen molar-refractivity contribution in [1.29, 1.82) is 0 Å². The number of hydrogen-bond acceptors (Lipinski definition) is 4. The lowest BCUT2D eigenvalue weighted by Gasteiger charge is -2.34. The van der Waals surface area contributed by atoms with Crippen molar-refractivity contribution in [2.24, 2.45) is 11.8 Å². The Morgan fingerprint density at radius 3 is 2.71 bits per heavy atom. The van der Waals surface area contributed by atoms with Crippen molar-refractivity contribution >= 4 is 11.9 Å². The molecule has 1 aliphatic rings. The molecule has 0 heterocycles. The van der Waals surface area contributed by atoms with Gasteiger partial charge in [-0.05, 0) is 37.3 Å². The number of carbonyl (C=O) groups is 2. The second-order valence-corrected chi connectivity index (χ2v) is 6.72. The minimum atomic E-state index is -0.546. The lowest BCUT2D eigenvalue weighted by Crippen LogP contribution is -2.45. The number of esters is 1. The first-order valence-electron chi connectivity index (χ1n) is 8.53. The van der Waals surface area contributed by atoms with Gasteiger partial charge in [-0.2, -0.15) is 0 Å². The maximum Gasteiger partial charge on any atom is 0.342 e. The summed E-state index contributed by atoms with van der Waals surface area (Å²) >= 11 is 0. The van der Waals surface area contributed by atoms with Crippen LogP contribution < -0.4 is 10.1 Å². The van der Waals surface area contributed by atoms with Gasteiger partial charge in [-0.3, -0.25) is 4.79 Å². The van der Waals surface area contributed by atoms with Gasteiger partial charge in [0.05, 0.1) is 7.11 Å². The third-order valence-electron chi connectivity index (χ3n) is 4.96. The van der Waals surface area contributed by atoms with E-state index in [2.05, 4.69) is 19.2 Å². The van der Waals surface area contributed by atoms with E-state index in [0.717, 1.165) is 18.4 Å². The lowest BCUT2D eigenvalue weighted by atomic mass is 9.78. The predicted molar refractivity (Wildman–Crippen MR) is 92.1 cm³/mol. The minimum Gasteiger partial charge on any atom is -0.496 e. The van der Waals surface area contributed by atoms with E-state index in [9.17, 15) is 9.59 Å². The molecule has 5 nitrogen and oxygen atoms in total. The molecular formula is C19H27NO4. The number of carbonyl (C=O) groups excluding carboxylic acids is 2. The van der Waals surface area contributed by atoms with Crippen molar-refractivity contribution in [2.75, 3.05) is 13.7 Å². The van der Waals surface area contributed by atoms with E-state index in [-0.39, 0.29) is 18.6 Å². The normalized spacial score (nSPS) is 23.4. The number of amides is 1. The van der Waals surface area contributed by atoms with E-state index in [1.807, 2.05) is 13.0 Å². The first kappa shape index (κ1) is 18.3. The standard InChI is InChI=1S/C19H27NO4/c1-12-8-9-17(23-4)15(10-12)19(22)24-11-18(21)20-16-7-5-6-13(2)14(16)3/h8-10,13-14,16H,5-7,11H2,1-4H3,(H,20,21)/t13-,14-,16+/m0/s1. The maximum atomic E-state index is 12.2. The van der Waals surface area contributed by atoms with Crippen LogP contribution in [0.5, 0.6) is 5.75 Å². The summed E-state index contributed by atoms with van der Waals surface area (Å²) in [7, 11) is 1.50. The number of rotatable bonds is 5. The summed E-state index contributed by atoms with van der Waals surface area (Å²) in [6, 6.07) is 5.43. The summed E-state index contributed by atoms with van der Waals surface area (Å²) in [6.07, 6.45) is 3.31. The van der Waals surface area contributed by atoms with E-state index < -0.39 is 5.97 Å². The largest absolute Gasteiger partial charge is 0.496 e. The summed E-state index contributed by atoms with van der Waals surface area (Å²) in [5.74, 6) is 0.691. The van der Waals surface area contributed by atoms with E-state index in [1.165, 1.54) is 13.5 Å². The van der Waals surface area contributed by atoms with Crippen LogP contribution in [0.4, 0.5) is 0 Å². The Balaban J connectivity index is 1.89. The molecule has 0 saturated heterocycles.